The van der Waals surface area contributed by atoms with E-state index in [4.69, 9.17) is 15.6 Å². The van der Waals surface area contributed by atoms with Crippen LogP contribution in [0.4, 0.5) is 5.69 Å². The summed E-state index contributed by atoms with van der Waals surface area (Å²) in [6.45, 7) is 1.69. The van der Waals surface area contributed by atoms with Gasteiger partial charge in [-0.15, -0.1) is 0 Å². The van der Waals surface area contributed by atoms with Gasteiger partial charge in [-0.1, -0.05) is 6.92 Å². The topological polar surface area (TPSA) is 107 Å². The van der Waals surface area contributed by atoms with E-state index >= 15 is 0 Å². The molecule has 0 aliphatic heterocycles. The Balaban J connectivity index is 2.73. The first-order chi connectivity index (χ1) is 8.85. The van der Waals surface area contributed by atoms with E-state index in [0.717, 1.165) is 0 Å². The molecule has 0 spiro atoms. The third-order valence-corrected chi connectivity index (χ3v) is 4.22. The van der Waals surface area contributed by atoms with Crippen molar-refractivity contribution >= 4 is 21.5 Å². The highest BCUT2D eigenvalue weighted by Gasteiger charge is 2.14. The second kappa shape index (κ2) is 6.42. The van der Waals surface area contributed by atoms with E-state index in [1.54, 1.807) is 6.92 Å². The largest absolute Gasteiger partial charge is 0.492 e. The number of anilines is 1. The van der Waals surface area contributed by atoms with Gasteiger partial charge in [0.05, 0.1) is 11.5 Å². The summed E-state index contributed by atoms with van der Waals surface area (Å²) in [7, 11) is -3.15. The molecule has 6 nitrogen and oxygen atoms in total. The SMILES string of the molecule is CCCS(=O)(=O)CCOc1cc(N)ccc1C(=O)O. The second-order valence-electron chi connectivity index (χ2n) is 4.06. The third kappa shape index (κ3) is 4.78. The summed E-state index contributed by atoms with van der Waals surface area (Å²) >= 11 is 0. The first-order valence-corrected chi connectivity index (χ1v) is 7.64. The Morgan fingerprint density at radius 2 is 2.05 bits per heavy atom. The number of aromatic carboxylic acids is 1. The number of nitrogens with two attached hydrogens (primary N) is 1. The van der Waals surface area contributed by atoms with Crippen molar-refractivity contribution in [2.24, 2.45) is 0 Å². The van der Waals surface area contributed by atoms with Gasteiger partial charge in [0.15, 0.2) is 9.84 Å². The normalized spacial score (nSPS) is 11.2. The number of carboxylic acids is 1. The zero-order valence-corrected chi connectivity index (χ0v) is 11.4. The van der Waals surface area contributed by atoms with Crippen LogP contribution in [0.2, 0.25) is 0 Å². The predicted molar refractivity (Wildman–Crippen MR) is 72.3 cm³/mol. The average Bonchev–Trinajstić information content (AvgIpc) is 2.28. The van der Waals surface area contributed by atoms with E-state index in [1.807, 2.05) is 0 Å². The molecule has 0 amide bonds. The summed E-state index contributed by atoms with van der Waals surface area (Å²) in [6.07, 6.45) is 0.543. The van der Waals surface area contributed by atoms with Gasteiger partial charge in [0, 0.05) is 11.8 Å². The smallest absolute Gasteiger partial charge is 0.339 e. The molecule has 0 aromatic heterocycles. The van der Waals surface area contributed by atoms with Crippen LogP contribution >= 0.6 is 0 Å². The zero-order valence-electron chi connectivity index (χ0n) is 10.6. The number of carboxylic acid groups (broad SMARTS) is 1. The number of hydrogen-bond donors (Lipinski definition) is 2. The van der Waals surface area contributed by atoms with Crippen LogP contribution in [0.5, 0.6) is 5.75 Å². The van der Waals surface area contributed by atoms with Crippen molar-refractivity contribution < 1.29 is 23.1 Å². The van der Waals surface area contributed by atoms with Gasteiger partial charge in [0.1, 0.15) is 17.9 Å². The summed E-state index contributed by atoms with van der Waals surface area (Å²) in [4.78, 5) is 11.0. The van der Waals surface area contributed by atoms with Gasteiger partial charge < -0.3 is 15.6 Å². The highest BCUT2D eigenvalue weighted by Crippen LogP contribution is 2.21. The van der Waals surface area contributed by atoms with E-state index in [2.05, 4.69) is 0 Å². The molecule has 0 heterocycles. The average molecular weight is 287 g/mol. The summed E-state index contributed by atoms with van der Waals surface area (Å²) < 4.78 is 28.2. The second-order valence-corrected chi connectivity index (χ2v) is 6.36. The van der Waals surface area contributed by atoms with E-state index in [9.17, 15) is 13.2 Å². The predicted octanol–water partition coefficient (Wildman–Crippen LogP) is 1.17. The van der Waals surface area contributed by atoms with Crippen LogP contribution in [0.3, 0.4) is 0 Å². The molecule has 0 atom stereocenters. The standard InChI is InChI=1S/C12H17NO5S/c1-2-6-19(16,17)7-5-18-11-8-9(13)3-4-10(11)12(14)15/h3-4,8H,2,5-7,13H2,1H3,(H,14,15). The Kier molecular flexibility index (Phi) is 5.17. The molecule has 106 valence electrons. The van der Waals surface area contributed by atoms with E-state index in [0.29, 0.717) is 12.1 Å². The molecular formula is C12H17NO5S. The lowest BCUT2D eigenvalue weighted by molar-refractivity contribution is 0.0692. The van der Waals surface area contributed by atoms with Crippen molar-refractivity contribution in [2.45, 2.75) is 13.3 Å². The maximum absolute atomic E-state index is 11.5. The van der Waals surface area contributed by atoms with Gasteiger partial charge >= 0.3 is 5.97 Å². The Hall–Kier alpha value is -1.76. The number of ether oxygens (including phenoxy) is 1. The molecule has 0 bridgehead atoms. The first-order valence-electron chi connectivity index (χ1n) is 5.82. The fraction of sp³-hybridized carbons (Fsp3) is 0.417. The summed E-state index contributed by atoms with van der Waals surface area (Å²) in [5, 5.41) is 8.96. The van der Waals surface area contributed by atoms with Crippen LogP contribution in [-0.4, -0.2) is 37.6 Å². The van der Waals surface area contributed by atoms with E-state index in [-0.39, 0.29) is 29.4 Å². The molecule has 0 aliphatic carbocycles. The lowest BCUT2D eigenvalue weighted by atomic mass is 10.2. The maximum Gasteiger partial charge on any atom is 0.339 e. The van der Waals surface area contributed by atoms with Crippen LogP contribution in [-0.2, 0) is 9.84 Å². The summed E-state index contributed by atoms with van der Waals surface area (Å²) in [5.41, 5.74) is 5.86. The molecule has 7 heteroatoms. The molecule has 19 heavy (non-hydrogen) atoms. The van der Waals surface area contributed by atoms with Crippen molar-refractivity contribution in [3.05, 3.63) is 23.8 Å². The Labute approximate surface area is 112 Å². The van der Waals surface area contributed by atoms with Crippen molar-refractivity contribution in [1.29, 1.82) is 0 Å². The maximum atomic E-state index is 11.5. The Morgan fingerprint density at radius 3 is 2.63 bits per heavy atom. The van der Waals surface area contributed by atoms with E-state index in [1.165, 1.54) is 18.2 Å². The lowest BCUT2D eigenvalue weighted by Crippen LogP contribution is -2.17. The molecule has 1 rings (SSSR count). The molecule has 0 radical (unpaired) electrons. The van der Waals surface area contributed by atoms with Gasteiger partial charge in [0.2, 0.25) is 0 Å². The van der Waals surface area contributed by atoms with Crippen LogP contribution < -0.4 is 10.5 Å². The van der Waals surface area contributed by atoms with Crippen LogP contribution in [0, 0.1) is 0 Å². The van der Waals surface area contributed by atoms with E-state index < -0.39 is 15.8 Å². The van der Waals surface area contributed by atoms with Gasteiger partial charge in [-0.3, -0.25) is 0 Å². The van der Waals surface area contributed by atoms with Gasteiger partial charge in [0.25, 0.3) is 0 Å². The minimum absolute atomic E-state index is 0.0397. The van der Waals surface area contributed by atoms with Crippen LogP contribution in [0.25, 0.3) is 0 Å². The molecule has 0 saturated heterocycles. The third-order valence-electron chi connectivity index (χ3n) is 2.40. The minimum atomic E-state index is -3.15. The number of sulfone groups is 1. The fourth-order valence-electron chi connectivity index (χ4n) is 1.53. The van der Waals surface area contributed by atoms with Gasteiger partial charge in [-0.05, 0) is 18.6 Å². The molecule has 0 fully saturated rings. The number of benzene rings is 1. The van der Waals surface area contributed by atoms with Crippen molar-refractivity contribution in [2.75, 3.05) is 23.8 Å². The van der Waals surface area contributed by atoms with Crippen molar-refractivity contribution in [3.8, 4) is 5.75 Å². The molecule has 1 aromatic carbocycles. The van der Waals surface area contributed by atoms with Crippen molar-refractivity contribution in [1.82, 2.24) is 0 Å². The van der Waals surface area contributed by atoms with Crippen molar-refractivity contribution in [3.63, 3.8) is 0 Å². The quantitative estimate of drug-likeness (QED) is 0.729. The summed E-state index contributed by atoms with van der Waals surface area (Å²) in [6, 6.07) is 4.15. The summed E-state index contributed by atoms with van der Waals surface area (Å²) in [5.74, 6) is -1.11. The molecule has 0 unspecified atom stereocenters. The molecule has 0 saturated carbocycles. The van der Waals surface area contributed by atoms with Crippen LogP contribution in [0.15, 0.2) is 18.2 Å². The van der Waals surface area contributed by atoms with Gasteiger partial charge in [-0.2, -0.15) is 0 Å². The monoisotopic (exact) mass is 287 g/mol. The number of hydrogen-bond acceptors (Lipinski definition) is 5. The number of rotatable bonds is 7. The molecule has 0 aliphatic rings. The molecule has 3 N–H and O–H groups in total. The fourth-order valence-corrected chi connectivity index (χ4v) is 2.69. The zero-order chi connectivity index (χ0) is 14.5. The number of nitrogen functional groups attached to an aromatic ring is 1. The number of carbonyl (C=O) groups is 1. The molecule has 1 aromatic rings. The minimum Gasteiger partial charge on any atom is -0.492 e. The highest BCUT2D eigenvalue weighted by atomic mass is 32.2. The molecular weight excluding hydrogens is 270 g/mol. The highest BCUT2D eigenvalue weighted by molar-refractivity contribution is 7.91. The van der Waals surface area contributed by atoms with Gasteiger partial charge in [-0.25, -0.2) is 13.2 Å². The first kappa shape index (κ1) is 15.3. The lowest BCUT2D eigenvalue weighted by Gasteiger charge is -2.10. The van der Waals surface area contributed by atoms with Crippen LogP contribution in [0.1, 0.15) is 23.7 Å². The Morgan fingerprint density at radius 1 is 1.37 bits per heavy atom. The Bertz CT molecular complexity index is 553.